The molecule has 104 valence electrons. The molecule has 0 bridgehead atoms. The van der Waals surface area contributed by atoms with Gasteiger partial charge in [0.2, 0.25) is 0 Å². The molecular weight excluding hydrogens is 261 g/mol. The molecular formula is C14H14FN3O2. The van der Waals surface area contributed by atoms with Crippen LogP contribution in [0.5, 0.6) is 0 Å². The third-order valence-corrected chi connectivity index (χ3v) is 3.35. The summed E-state index contributed by atoms with van der Waals surface area (Å²) in [4.78, 5) is 17.8. The van der Waals surface area contributed by atoms with Crippen LogP contribution in [0, 0.1) is 5.82 Å². The minimum atomic E-state index is -0.433. The molecule has 1 aliphatic rings. The number of rotatable bonds is 2. The predicted octanol–water partition coefficient (Wildman–Crippen LogP) is 3.18. The van der Waals surface area contributed by atoms with E-state index in [2.05, 4.69) is 10.3 Å². The van der Waals surface area contributed by atoms with Crippen LogP contribution in [0.2, 0.25) is 0 Å². The van der Waals surface area contributed by atoms with Gasteiger partial charge in [-0.15, -0.1) is 0 Å². The second-order valence-electron chi connectivity index (χ2n) is 4.66. The number of carbonyl (C=O) groups is 1. The maximum absolute atomic E-state index is 12.8. The lowest BCUT2D eigenvalue weighted by atomic mass is 10.2. The number of nitrogens with one attached hydrogen (secondary N) is 1. The van der Waals surface area contributed by atoms with E-state index in [-0.39, 0.29) is 12.1 Å². The van der Waals surface area contributed by atoms with Crippen molar-refractivity contribution in [2.75, 3.05) is 11.9 Å². The number of anilines is 1. The van der Waals surface area contributed by atoms with Crippen molar-refractivity contribution in [1.82, 2.24) is 9.88 Å². The number of furan rings is 1. The van der Waals surface area contributed by atoms with Crippen LogP contribution in [0.25, 0.3) is 0 Å². The molecule has 0 aliphatic carbocycles. The highest BCUT2D eigenvalue weighted by atomic mass is 19.1. The van der Waals surface area contributed by atoms with Gasteiger partial charge in [0.05, 0.1) is 18.5 Å². The zero-order valence-electron chi connectivity index (χ0n) is 10.8. The van der Waals surface area contributed by atoms with Crippen LogP contribution < -0.4 is 5.32 Å². The van der Waals surface area contributed by atoms with E-state index in [1.165, 1.54) is 12.1 Å². The van der Waals surface area contributed by atoms with E-state index in [1.54, 1.807) is 11.2 Å². The van der Waals surface area contributed by atoms with E-state index >= 15 is 0 Å². The molecule has 0 spiro atoms. The fourth-order valence-corrected chi connectivity index (χ4v) is 2.42. The number of pyridine rings is 1. The van der Waals surface area contributed by atoms with Crippen molar-refractivity contribution in [3.8, 4) is 0 Å². The van der Waals surface area contributed by atoms with Crippen LogP contribution in [0.1, 0.15) is 24.6 Å². The lowest BCUT2D eigenvalue weighted by Crippen LogP contribution is -2.34. The van der Waals surface area contributed by atoms with Crippen molar-refractivity contribution >= 4 is 11.8 Å². The van der Waals surface area contributed by atoms with Crippen LogP contribution in [-0.4, -0.2) is 22.5 Å². The molecule has 3 rings (SSSR count). The van der Waals surface area contributed by atoms with Gasteiger partial charge in [-0.3, -0.25) is 5.32 Å². The van der Waals surface area contributed by atoms with Crippen molar-refractivity contribution in [3.63, 3.8) is 0 Å². The second-order valence-corrected chi connectivity index (χ2v) is 4.66. The SMILES string of the molecule is O=C(Nc1ccc(F)cn1)N1CCCC1c1ccco1. The molecule has 0 radical (unpaired) electrons. The van der Waals surface area contributed by atoms with Gasteiger partial charge >= 0.3 is 6.03 Å². The Morgan fingerprint density at radius 3 is 3.05 bits per heavy atom. The third-order valence-electron chi connectivity index (χ3n) is 3.35. The standard InChI is InChI=1S/C14H14FN3O2/c15-10-5-6-13(16-9-10)17-14(19)18-7-1-3-11(18)12-4-2-8-20-12/h2,4-6,8-9,11H,1,3,7H2,(H,16,17,19). The Kier molecular flexibility index (Phi) is 3.37. The van der Waals surface area contributed by atoms with Gasteiger partial charge < -0.3 is 9.32 Å². The van der Waals surface area contributed by atoms with Crippen LogP contribution in [-0.2, 0) is 0 Å². The molecule has 1 fully saturated rings. The summed E-state index contributed by atoms with van der Waals surface area (Å²) < 4.78 is 18.2. The van der Waals surface area contributed by atoms with Gasteiger partial charge in [0, 0.05) is 6.54 Å². The summed E-state index contributed by atoms with van der Waals surface area (Å²) in [7, 11) is 0. The second kappa shape index (κ2) is 5.32. The molecule has 6 heteroatoms. The zero-order valence-corrected chi connectivity index (χ0v) is 10.8. The fourth-order valence-electron chi connectivity index (χ4n) is 2.42. The lowest BCUT2D eigenvalue weighted by molar-refractivity contribution is 0.200. The average Bonchev–Trinajstić information content (AvgIpc) is 3.11. The molecule has 20 heavy (non-hydrogen) atoms. The highest BCUT2D eigenvalue weighted by Gasteiger charge is 2.31. The summed E-state index contributed by atoms with van der Waals surface area (Å²) in [6, 6.07) is 6.08. The van der Waals surface area contributed by atoms with Gasteiger partial charge in [0.1, 0.15) is 17.4 Å². The molecule has 5 nitrogen and oxygen atoms in total. The summed E-state index contributed by atoms with van der Waals surface area (Å²) in [5, 5.41) is 2.67. The largest absolute Gasteiger partial charge is 0.467 e. The van der Waals surface area contributed by atoms with Crippen LogP contribution in [0.4, 0.5) is 15.0 Å². The van der Waals surface area contributed by atoms with Crippen LogP contribution >= 0.6 is 0 Å². The van der Waals surface area contributed by atoms with E-state index in [1.807, 2.05) is 12.1 Å². The first-order chi connectivity index (χ1) is 9.74. The number of likely N-dealkylation sites (tertiary alicyclic amines) is 1. The van der Waals surface area contributed by atoms with Gasteiger partial charge in [-0.05, 0) is 37.1 Å². The minimum absolute atomic E-state index is 0.0505. The van der Waals surface area contributed by atoms with Crippen molar-refractivity contribution in [1.29, 1.82) is 0 Å². The van der Waals surface area contributed by atoms with Gasteiger partial charge in [0.25, 0.3) is 0 Å². The van der Waals surface area contributed by atoms with Gasteiger partial charge in [-0.2, -0.15) is 0 Å². The average molecular weight is 275 g/mol. The minimum Gasteiger partial charge on any atom is -0.467 e. The summed E-state index contributed by atoms with van der Waals surface area (Å²) >= 11 is 0. The zero-order chi connectivity index (χ0) is 13.9. The Morgan fingerprint density at radius 2 is 2.35 bits per heavy atom. The molecule has 0 saturated carbocycles. The highest BCUT2D eigenvalue weighted by molar-refractivity contribution is 5.88. The third kappa shape index (κ3) is 2.49. The molecule has 1 unspecified atom stereocenters. The van der Waals surface area contributed by atoms with E-state index in [0.717, 1.165) is 24.8 Å². The molecule has 1 N–H and O–H groups in total. The monoisotopic (exact) mass is 275 g/mol. The van der Waals surface area contributed by atoms with E-state index < -0.39 is 5.82 Å². The smallest absolute Gasteiger partial charge is 0.323 e. The Labute approximate surface area is 115 Å². The van der Waals surface area contributed by atoms with Crippen LogP contribution in [0.3, 0.4) is 0 Å². The summed E-state index contributed by atoms with van der Waals surface area (Å²) in [5.74, 6) is 0.684. The number of halogens is 1. The molecule has 2 amide bonds. The lowest BCUT2D eigenvalue weighted by Gasteiger charge is -2.23. The normalized spacial score (nSPS) is 18.2. The fraction of sp³-hybridized carbons (Fsp3) is 0.286. The molecule has 1 aliphatic heterocycles. The summed E-state index contributed by atoms with van der Waals surface area (Å²) in [6.45, 7) is 0.665. The maximum atomic E-state index is 12.8. The van der Waals surface area contributed by atoms with Crippen molar-refractivity contribution in [2.24, 2.45) is 0 Å². The van der Waals surface area contributed by atoms with E-state index in [9.17, 15) is 9.18 Å². The number of amides is 2. The van der Waals surface area contributed by atoms with E-state index in [4.69, 9.17) is 4.42 Å². The van der Waals surface area contributed by atoms with E-state index in [0.29, 0.717) is 12.4 Å². The Hall–Kier alpha value is -2.37. The van der Waals surface area contributed by atoms with Gasteiger partial charge in [-0.1, -0.05) is 0 Å². The molecule has 3 heterocycles. The summed E-state index contributed by atoms with van der Waals surface area (Å²) in [5.41, 5.74) is 0. The van der Waals surface area contributed by atoms with Gasteiger partial charge in [-0.25, -0.2) is 14.2 Å². The first-order valence-electron chi connectivity index (χ1n) is 6.46. The number of carbonyl (C=O) groups excluding carboxylic acids is 1. The molecule has 2 aromatic heterocycles. The van der Waals surface area contributed by atoms with Crippen molar-refractivity contribution in [2.45, 2.75) is 18.9 Å². The maximum Gasteiger partial charge on any atom is 0.323 e. The molecule has 1 atom stereocenters. The molecule has 2 aromatic rings. The quantitative estimate of drug-likeness (QED) is 0.915. The Balaban J connectivity index is 1.71. The number of aromatic nitrogens is 1. The van der Waals surface area contributed by atoms with Crippen LogP contribution in [0.15, 0.2) is 41.1 Å². The number of nitrogens with zero attached hydrogens (tertiary/aromatic N) is 2. The van der Waals surface area contributed by atoms with Crippen molar-refractivity contribution in [3.05, 3.63) is 48.3 Å². The first-order valence-corrected chi connectivity index (χ1v) is 6.46. The highest BCUT2D eigenvalue weighted by Crippen LogP contribution is 2.32. The Morgan fingerprint density at radius 1 is 1.45 bits per heavy atom. The summed E-state index contributed by atoms with van der Waals surface area (Å²) in [6.07, 6.45) is 4.47. The number of hydrogen-bond donors (Lipinski definition) is 1. The van der Waals surface area contributed by atoms with Crippen molar-refractivity contribution < 1.29 is 13.6 Å². The molecule has 0 aromatic carbocycles. The topological polar surface area (TPSA) is 58.4 Å². The molecule has 1 saturated heterocycles. The first kappa shape index (κ1) is 12.7. The number of urea groups is 1. The predicted molar refractivity (Wildman–Crippen MR) is 70.6 cm³/mol. The number of hydrogen-bond acceptors (Lipinski definition) is 3. The van der Waals surface area contributed by atoms with Gasteiger partial charge in [0.15, 0.2) is 0 Å². The Bertz CT molecular complexity index is 583.